The molecule has 0 aromatic heterocycles. The van der Waals surface area contributed by atoms with E-state index in [-0.39, 0.29) is 11.9 Å². The second-order valence-electron chi connectivity index (χ2n) is 5.00. The quantitative estimate of drug-likeness (QED) is 0.829. The second kappa shape index (κ2) is 5.21. The number of nitrogens with zero attached hydrogens (tertiary/aromatic N) is 1. The van der Waals surface area contributed by atoms with Crippen LogP contribution in [0.15, 0.2) is 28.7 Å². The van der Waals surface area contributed by atoms with Crippen LogP contribution in [-0.2, 0) is 0 Å². The number of rotatable bonds is 4. The number of hydrogen-bond donors (Lipinski definition) is 0. The average molecular weight is 296 g/mol. The highest BCUT2D eigenvalue weighted by atomic mass is 79.9. The Morgan fingerprint density at radius 1 is 1.35 bits per heavy atom. The van der Waals surface area contributed by atoms with Crippen LogP contribution >= 0.6 is 15.9 Å². The molecule has 1 aliphatic carbocycles. The van der Waals surface area contributed by atoms with Gasteiger partial charge in [-0.2, -0.15) is 0 Å². The largest absolute Gasteiger partial charge is 0.336 e. The Balaban J connectivity index is 2.11. The summed E-state index contributed by atoms with van der Waals surface area (Å²) in [6, 6.07) is 7.88. The van der Waals surface area contributed by atoms with E-state index >= 15 is 0 Å². The van der Waals surface area contributed by atoms with E-state index in [0.717, 1.165) is 22.5 Å². The van der Waals surface area contributed by atoms with Crippen molar-refractivity contribution in [1.29, 1.82) is 0 Å². The van der Waals surface area contributed by atoms with Gasteiger partial charge >= 0.3 is 0 Å². The number of amides is 1. The first-order chi connectivity index (χ1) is 8.08. The van der Waals surface area contributed by atoms with Gasteiger partial charge < -0.3 is 4.90 Å². The molecule has 0 unspecified atom stereocenters. The van der Waals surface area contributed by atoms with E-state index in [0.29, 0.717) is 0 Å². The average Bonchev–Trinajstić information content (AvgIpc) is 3.09. The summed E-state index contributed by atoms with van der Waals surface area (Å²) in [5.41, 5.74) is 0.780. The van der Waals surface area contributed by atoms with Gasteiger partial charge in [-0.1, -0.05) is 15.9 Å². The topological polar surface area (TPSA) is 20.3 Å². The lowest BCUT2D eigenvalue weighted by Gasteiger charge is -2.27. The summed E-state index contributed by atoms with van der Waals surface area (Å²) < 4.78 is 1.01. The van der Waals surface area contributed by atoms with Crippen molar-refractivity contribution in [3.05, 3.63) is 34.3 Å². The SMILES string of the molecule is CC(C)N(CC1CC1)C(=O)c1ccc(Br)cc1. The van der Waals surface area contributed by atoms with Gasteiger partial charge in [0.1, 0.15) is 0 Å². The smallest absolute Gasteiger partial charge is 0.254 e. The molecule has 1 aromatic carbocycles. The van der Waals surface area contributed by atoms with E-state index in [4.69, 9.17) is 0 Å². The second-order valence-corrected chi connectivity index (χ2v) is 5.92. The lowest BCUT2D eigenvalue weighted by atomic mass is 10.1. The third-order valence-electron chi connectivity index (χ3n) is 3.13. The van der Waals surface area contributed by atoms with Crippen molar-refractivity contribution < 1.29 is 4.79 Å². The third-order valence-corrected chi connectivity index (χ3v) is 3.66. The standard InChI is InChI=1S/C14H18BrNO/c1-10(2)16(9-11-3-4-11)14(17)12-5-7-13(15)8-6-12/h5-8,10-11H,3-4,9H2,1-2H3. The van der Waals surface area contributed by atoms with Crippen LogP contribution in [0, 0.1) is 5.92 Å². The molecule has 0 saturated heterocycles. The van der Waals surface area contributed by atoms with Crippen molar-refractivity contribution in [1.82, 2.24) is 4.90 Å². The van der Waals surface area contributed by atoms with Crippen LogP contribution < -0.4 is 0 Å². The Labute approximate surface area is 111 Å². The molecule has 1 saturated carbocycles. The third kappa shape index (κ3) is 3.32. The van der Waals surface area contributed by atoms with E-state index < -0.39 is 0 Å². The molecule has 2 rings (SSSR count). The normalized spacial score (nSPS) is 15.1. The maximum absolute atomic E-state index is 12.4. The van der Waals surface area contributed by atoms with Crippen molar-refractivity contribution in [3.8, 4) is 0 Å². The predicted molar refractivity (Wildman–Crippen MR) is 73.0 cm³/mol. The van der Waals surface area contributed by atoms with E-state index in [1.54, 1.807) is 0 Å². The monoisotopic (exact) mass is 295 g/mol. The maximum atomic E-state index is 12.4. The maximum Gasteiger partial charge on any atom is 0.254 e. The van der Waals surface area contributed by atoms with Gasteiger partial charge in [-0.25, -0.2) is 0 Å². The molecule has 2 nitrogen and oxygen atoms in total. The molecule has 1 aromatic rings. The fraction of sp³-hybridized carbons (Fsp3) is 0.500. The first-order valence-corrected chi connectivity index (χ1v) is 6.93. The molecule has 0 atom stereocenters. The molecular weight excluding hydrogens is 278 g/mol. The Bertz CT molecular complexity index is 395. The van der Waals surface area contributed by atoms with Crippen LogP contribution in [0.5, 0.6) is 0 Å². The summed E-state index contributed by atoms with van der Waals surface area (Å²) in [6.45, 7) is 5.07. The van der Waals surface area contributed by atoms with E-state index in [9.17, 15) is 4.79 Å². The highest BCUT2D eigenvalue weighted by Gasteiger charge is 2.28. The summed E-state index contributed by atoms with van der Waals surface area (Å²) in [4.78, 5) is 14.4. The number of hydrogen-bond acceptors (Lipinski definition) is 1. The van der Waals surface area contributed by atoms with Crippen LogP contribution in [0.1, 0.15) is 37.0 Å². The van der Waals surface area contributed by atoms with Crippen molar-refractivity contribution in [3.63, 3.8) is 0 Å². The highest BCUT2D eigenvalue weighted by molar-refractivity contribution is 9.10. The Morgan fingerprint density at radius 3 is 2.41 bits per heavy atom. The van der Waals surface area contributed by atoms with Gasteiger partial charge in [0.25, 0.3) is 5.91 Å². The molecule has 1 amide bonds. The van der Waals surface area contributed by atoms with Gasteiger partial charge in [0.2, 0.25) is 0 Å². The predicted octanol–water partition coefficient (Wildman–Crippen LogP) is 3.71. The lowest BCUT2D eigenvalue weighted by molar-refractivity contribution is 0.0696. The van der Waals surface area contributed by atoms with Gasteiger partial charge in [0, 0.05) is 22.6 Å². The lowest BCUT2D eigenvalue weighted by Crippen LogP contribution is -2.38. The zero-order chi connectivity index (χ0) is 12.4. The fourth-order valence-corrected chi connectivity index (χ4v) is 2.13. The number of halogens is 1. The zero-order valence-electron chi connectivity index (χ0n) is 10.3. The Hall–Kier alpha value is -0.830. The number of carbonyl (C=O) groups excluding carboxylic acids is 1. The van der Waals surface area contributed by atoms with Crippen molar-refractivity contribution >= 4 is 21.8 Å². The first kappa shape index (κ1) is 12.6. The Morgan fingerprint density at radius 2 is 1.94 bits per heavy atom. The molecule has 1 fully saturated rings. The minimum atomic E-state index is 0.152. The van der Waals surface area contributed by atoms with Gasteiger partial charge in [0.15, 0.2) is 0 Å². The summed E-state index contributed by atoms with van der Waals surface area (Å²) >= 11 is 3.39. The minimum Gasteiger partial charge on any atom is -0.336 e. The van der Waals surface area contributed by atoms with Gasteiger partial charge in [-0.05, 0) is 56.9 Å². The molecular formula is C14H18BrNO. The molecule has 0 radical (unpaired) electrons. The van der Waals surface area contributed by atoms with Crippen LogP contribution in [-0.4, -0.2) is 23.4 Å². The van der Waals surface area contributed by atoms with Gasteiger partial charge in [-0.3, -0.25) is 4.79 Å². The number of benzene rings is 1. The van der Waals surface area contributed by atoms with E-state index in [1.165, 1.54) is 12.8 Å². The summed E-state index contributed by atoms with van der Waals surface area (Å²) in [7, 11) is 0. The summed E-state index contributed by atoms with van der Waals surface area (Å²) in [5.74, 6) is 0.885. The van der Waals surface area contributed by atoms with Crippen LogP contribution in [0.4, 0.5) is 0 Å². The van der Waals surface area contributed by atoms with E-state index in [1.807, 2.05) is 29.2 Å². The molecule has 0 bridgehead atoms. The Kier molecular flexibility index (Phi) is 3.87. The van der Waals surface area contributed by atoms with E-state index in [2.05, 4.69) is 29.8 Å². The molecule has 0 N–H and O–H groups in total. The zero-order valence-corrected chi connectivity index (χ0v) is 11.9. The van der Waals surface area contributed by atoms with Crippen LogP contribution in [0.2, 0.25) is 0 Å². The van der Waals surface area contributed by atoms with Crippen molar-refractivity contribution in [2.75, 3.05) is 6.54 Å². The molecule has 0 heterocycles. The number of carbonyl (C=O) groups is 1. The molecule has 1 aliphatic rings. The minimum absolute atomic E-state index is 0.152. The van der Waals surface area contributed by atoms with Crippen LogP contribution in [0.25, 0.3) is 0 Å². The summed E-state index contributed by atoms with van der Waals surface area (Å²) in [5, 5.41) is 0. The highest BCUT2D eigenvalue weighted by Crippen LogP contribution is 2.30. The molecule has 17 heavy (non-hydrogen) atoms. The fourth-order valence-electron chi connectivity index (χ4n) is 1.87. The molecule has 0 spiro atoms. The van der Waals surface area contributed by atoms with Crippen molar-refractivity contribution in [2.45, 2.75) is 32.7 Å². The van der Waals surface area contributed by atoms with Gasteiger partial charge in [-0.15, -0.1) is 0 Å². The first-order valence-electron chi connectivity index (χ1n) is 6.14. The van der Waals surface area contributed by atoms with Gasteiger partial charge in [0.05, 0.1) is 0 Å². The molecule has 92 valence electrons. The summed E-state index contributed by atoms with van der Waals surface area (Å²) in [6.07, 6.45) is 2.55. The van der Waals surface area contributed by atoms with Crippen LogP contribution in [0.3, 0.4) is 0 Å². The molecule has 3 heteroatoms. The van der Waals surface area contributed by atoms with Crippen molar-refractivity contribution in [2.24, 2.45) is 5.92 Å². The molecule has 0 aliphatic heterocycles.